The molecule has 2 amide bonds. The summed E-state index contributed by atoms with van der Waals surface area (Å²) >= 11 is 3.30. The Morgan fingerprint density at radius 2 is 1.78 bits per heavy atom. The van der Waals surface area contributed by atoms with Crippen molar-refractivity contribution in [2.24, 2.45) is 0 Å². The van der Waals surface area contributed by atoms with Crippen LogP contribution in [0, 0.1) is 0 Å². The molecule has 0 aliphatic carbocycles. The molecule has 0 bridgehead atoms. The highest BCUT2D eigenvalue weighted by Crippen LogP contribution is 2.36. The van der Waals surface area contributed by atoms with Crippen molar-refractivity contribution in [2.75, 3.05) is 24.8 Å². The fourth-order valence-corrected chi connectivity index (χ4v) is 6.74. The first-order valence-corrected chi connectivity index (χ1v) is 18.5. The van der Waals surface area contributed by atoms with Crippen molar-refractivity contribution in [3.05, 3.63) is 114 Å². The maximum absolute atomic E-state index is 13.4. The number of carbonyl (C=O) groups excluding carboxylic acids is 1. The molecule has 0 spiro atoms. The summed E-state index contributed by atoms with van der Waals surface area (Å²) in [5.74, 6) is 2.28. The van der Waals surface area contributed by atoms with E-state index in [2.05, 4.69) is 79.0 Å². The number of carbonyl (C=O) groups is 1. The van der Waals surface area contributed by atoms with E-state index in [1.807, 2.05) is 77.4 Å². The molecule has 10 nitrogen and oxygen atoms in total. The fourth-order valence-electron chi connectivity index (χ4n) is 5.47. The van der Waals surface area contributed by atoms with E-state index < -0.39 is 0 Å². The highest BCUT2D eigenvalue weighted by Gasteiger charge is 2.25. The quantitative estimate of drug-likeness (QED) is 0.110. The SMILES string of the molecule is CSC(C)(C)c1cc(NC(=O)NCc2ccccc2Sc2ccc3nnc(-c4ccccc4C(C)C)n3c2)n(-c2cccc(OCCO)c2)n1. The second kappa shape index (κ2) is 15.4. The van der Waals surface area contributed by atoms with Crippen molar-refractivity contribution in [3.8, 4) is 22.8 Å². The number of anilines is 1. The Labute approximate surface area is 300 Å². The molecule has 258 valence electrons. The lowest BCUT2D eigenvalue weighted by atomic mass is 9.97. The molecule has 0 fully saturated rings. The molecule has 0 aliphatic rings. The minimum Gasteiger partial charge on any atom is -0.491 e. The smallest absolute Gasteiger partial charge is 0.320 e. The van der Waals surface area contributed by atoms with Crippen LogP contribution >= 0.6 is 23.5 Å². The lowest BCUT2D eigenvalue weighted by Gasteiger charge is -2.18. The average molecular weight is 708 g/mol. The molecule has 50 heavy (non-hydrogen) atoms. The molecule has 0 unspecified atom stereocenters. The predicted octanol–water partition coefficient (Wildman–Crippen LogP) is 8.15. The number of benzene rings is 3. The number of nitrogens with zero attached hydrogens (tertiary/aromatic N) is 5. The Bertz CT molecular complexity index is 2110. The van der Waals surface area contributed by atoms with Gasteiger partial charge in [-0.05, 0) is 67.5 Å². The van der Waals surface area contributed by atoms with Gasteiger partial charge in [-0.15, -0.1) is 10.2 Å². The Hall–Kier alpha value is -4.78. The van der Waals surface area contributed by atoms with E-state index in [9.17, 15) is 9.90 Å². The van der Waals surface area contributed by atoms with Crippen LogP contribution in [0.1, 0.15) is 50.4 Å². The summed E-state index contributed by atoms with van der Waals surface area (Å²) in [6.07, 6.45) is 4.11. The number of aliphatic hydroxyl groups excluding tert-OH is 1. The van der Waals surface area contributed by atoms with E-state index in [4.69, 9.17) is 9.84 Å². The molecule has 0 aliphatic heterocycles. The molecule has 0 atom stereocenters. The molecule has 3 N–H and O–H groups in total. The minimum absolute atomic E-state index is 0.0849. The molecule has 6 aromatic rings. The monoisotopic (exact) mass is 707 g/mol. The number of aliphatic hydroxyl groups is 1. The largest absolute Gasteiger partial charge is 0.491 e. The van der Waals surface area contributed by atoms with Crippen LogP contribution in [0.15, 0.2) is 107 Å². The molecule has 3 heterocycles. The maximum Gasteiger partial charge on any atom is 0.320 e. The normalized spacial score (nSPS) is 11.7. The highest BCUT2D eigenvalue weighted by molar-refractivity contribution is 7.99. The number of hydrogen-bond acceptors (Lipinski definition) is 8. The Morgan fingerprint density at radius 3 is 2.58 bits per heavy atom. The van der Waals surface area contributed by atoms with Crippen molar-refractivity contribution >= 4 is 41.0 Å². The standard InChI is InChI=1S/C38H41N7O3S2/c1-25(2)30-14-7-8-15-31(30)36-42-41-34-18-17-29(24-44(34)36)50-32-16-9-6-11-26(32)23-39-37(47)40-35-22-33(38(3,4)49-5)43-45(35)27-12-10-13-28(21-27)48-20-19-46/h6-18,21-22,24-25,46H,19-20,23H2,1-5H3,(H2,39,40,47). The van der Waals surface area contributed by atoms with Crippen molar-refractivity contribution in [1.29, 1.82) is 0 Å². The summed E-state index contributed by atoms with van der Waals surface area (Å²) in [6.45, 7) is 8.97. The summed E-state index contributed by atoms with van der Waals surface area (Å²) in [7, 11) is 0. The molecule has 6 rings (SSSR count). The summed E-state index contributed by atoms with van der Waals surface area (Å²) in [5, 5.41) is 29.1. The zero-order valence-corrected chi connectivity index (χ0v) is 30.4. The zero-order chi connectivity index (χ0) is 35.3. The van der Waals surface area contributed by atoms with Crippen LogP contribution in [0.2, 0.25) is 0 Å². The number of aromatic nitrogens is 5. The number of fused-ring (bicyclic) bond motifs is 1. The van der Waals surface area contributed by atoms with Gasteiger partial charge in [0.25, 0.3) is 0 Å². The summed E-state index contributed by atoms with van der Waals surface area (Å²) in [4.78, 5) is 15.4. The number of hydrogen-bond donors (Lipinski definition) is 3. The second-order valence-corrected chi connectivity index (χ2v) is 15.0. The molecule has 0 saturated carbocycles. The minimum atomic E-state index is -0.355. The number of urea groups is 1. The molecule has 3 aromatic heterocycles. The molecule has 3 aromatic carbocycles. The summed E-state index contributed by atoms with van der Waals surface area (Å²) < 4.78 is 9.09. The number of ether oxygens (including phenoxy) is 1. The van der Waals surface area contributed by atoms with Crippen LogP contribution in [-0.2, 0) is 11.3 Å². The van der Waals surface area contributed by atoms with Gasteiger partial charge < -0.3 is 15.2 Å². The third kappa shape index (κ3) is 7.83. The Morgan fingerprint density at radius 1 is 0.980 bits per heavy atom. The molecule has 0 saturated heterocycles. The van der Waals surface area contributed by atoms with E-state index >= 15 is 0 Å². The topological polar surface area (TPSA) is 119 Å². The fraction of sp³-hybridized carbons (Fsp3) is 0.263. The molecular formula is C38H41N7O3S2. The van der Waals surface area contributed by atoms with Crippen LogP contribution in [0.5, 0.6) is 5.75 Å². The van der Waals surface area contributed by atoms with Gasteiger partial charge in [-0.1, -0.05) is 74.1 Å². The van der Waals surface area contributed by atoms with Crippen LogP contribution in [0.3, 0.4) is 0 Å². The highest BCUT2D eigenvalue weighted by atomic mass is 32.2. The summed E-state index contributed by atoms with van der Waals surface area (Å²) in [5.41, 5.74) is 5.60. The number of pyridine rings is 1. The van der Waals surface area contributed by atoms with Gasteiger partial charge >= 0.3 is 6.03 Å². The first kappa shape index (κ1) is 35.1. The predicted molar refractivity (Wildman–Crippen MR) is 202 cm³/mol. The van der Waals surface area contributed by atoms with Gasteiger partial charge in [-0.25, -0.2) is 9.48 Å². The zero-order valence-electron chi connectivity index (χ0n) is 28.8. The van der Waals surface area contributed by atoms with E-state index in [1.54, 1.807) is 28.2 Å². The van der Waals surface area contributed by atoms with Gasteiger partial charge in [-0.2, -0.15) is 16.9 Å². The van der Waals surface area contributed by atoms with E-state index in [0.29, 0.717) is 24.0 Å². The van der Waals surface area contributed by atoms with Crippen LogP contribution in [0.4, 0.5) is 10.6 Å². The lowest BCUT2D eigenvalue weighted by molar-refractivity contribution is 0.201. The number of rotatable bonds is 13. The van der Waals surface area contributed by atoms with Gasteiger partial charge in [0.05, 0.1) is 22.7 Å². The van der Waals surface area contributed by atoms with Crippen molar-refractivity contribution < 1.29 is 14.6 Å². The number of amides is 2. The van der Waals surface area contributed by atoms with E-state index in [-0.39, 0.29) is 24.0 Å². The molecular weight excluding hydrogens is 667 g/mol. The first-order chi connectivity index (χ1) is 24.2. The maximum atomic E-state index is 13.4. The van der Waals surface area contributed by atoms with E-state index in [0.717, 1.165) is 43.8 Å². The number of nitrogens with one attached hydrogen (secondary N) is 2. The third-order valence-corrected chi connectivity index (χ3v) is 10.7. The van der Waals surface area contributed by atoms with Crippen LogP contribution < -0.4 is 15.4 Å². The average Bonchev–Trinajstić information content (AvgIpc) is 3.75. The Balaban J connectivity index is 1.20. The van der Waals surface area contributed by atoms with Crippen LogP contribution in [0.25, 0.3) is 22.7 Å². The van der Waals surface area contributed by atoms with Gasteiger partial charge in [0.1, 0.15) is 18.2 Å². The Kier molecular flexibility index (Phi) is 10.8. The first-order valence-electron chi connectivity index (χ1n) is 16.4. The van der Waals surface area contributed by atoms with Crippen molar-refractivity contribution in [3.63, 3.8) is 0 Å². The van der Waals surface area contributed by atoms with E-state index in [1.165, 1.54) is 5.56 Å². The third-order valence-electron chi connectivity index (χ3n) is 8.34. The van der Waals surface area contributed by atoms with Crippen molar-refractivity contribution in [2.45, 2.75) is 54.7 Å². The van der Waals surface area contributed by atoms with Gasteiger partial charge in [0.15, 0.2) is 11.5 Å². The number of thioether (sulfide) groups is 1. The van der Waals surface area contributed by atoms with Crippen LogP contribution in [-0.4, -0.2) is 55.0 Å². The lowest BCUT2D eigenvalue weighted by Crippen LogP contribution is -2.29. The molecule has 0 radical (unpaired) electrons. The van der Waals surface area contributed by atoms with Crippen molar-refractivity contribution in [1.82, 2.24) is 29.7 Å². The van der Waals surface area contributed by atoms with Gasteiger partial charge in [0.2, 0.25) is 0 Å². The van der Waals surface area contributed by atoms with Gasteiger partial charge in [-0.3, -0.25) is 9.72 Å². The van der Waals surface area contributed by atoms with Gasteiger partial charge in [0, 0.05) is 40.2 Å². The summed E-state index contributed by atoms with van der Waals surface area (Å²) in [6, 6.07) is 29.4. The second-order valence-electron chi connectivity index (χ2n) is 12.5. The molecule has 12 heteroatoms.